The SMILES string of the molecule is C[C@@](N)(C(N)=O)c1ccc(O)cc1.O=C(O)C(F)(F)F. The van der Waals surface area contributed by atoms with Crippen LogP contribution in [0.25, 0.3) is 0 Å². The molecule has 6 nitrogen and oxygen atoms in total. The Labute approximate surface area is 111 Å². The molecule has 9 heteroatoms. The Morgan fingerprint density at radius 1 is 1.15 bits per heavy atom. The number of primary amides is 1. The molecule has 0 spiro atoms. The monoisotopic (exact) mass is 294 g/mol. The fraction of sp³-hybridized carbons (Fsp3) is 0.273. The molecule has 0 bridgehead atoms. The maximum atomic E-state index is 10.9. The molecule has 0 radical (unpaired) electrons. The molecule has 1 aromatic carbocycles. The molecule has 20 heavy (non-hydrogen) atoms. The summed E-state index contributed by atoms with van der Waals surface area (Å²) in [5.74, 6) is -3.23. The van der Waals surface area contributed by atoms with E-state index in [4.69, 9.17) is 26.5 Å². The minimum absolute atomic E-state index is 0.129. The van der Waals surface area contributed by atoms with Crippen molar-refractivity contribution in [3.05, 3.63) is 29.8 Å². The van der Waals surface area contributed by atoms with Crippen LogP contribution in [0.2, 0.25) is 0 Å². The topological polar surface area (TPSA) is 127 Å². The molecule has 0 heterocycles. The van der Waals surface area contributed by atoms with Gasteiger partial charge in [0.05, 0.1) is 0 Å². The molecule has 1 amide bonds. The van der Waals surface area contributed by atoms with E-state index < -0.39 is 23.6 Å². The van der Waals surface area contributed by atoms with Crippen LogP contribution >= 0.6 is 0 Å². The summed E-state index contributed by atoms with van der Waals surface area (Å²) in [4.78, 5) is 19.8. The van der Waals surface area contributed by atoms with Gasteiger partial charge in [0.15, 0.2) is 0 Å². The fourth-order valence-electron chi connectivity index (χ4n) is 0.950. The molecule has 6 N–H and O–H groups in total. The van der Waals surface area contributed by atoms with Crippen molar-refractivity contribution in [2.75, 3.05) is 0 Å². The van der Waals surface area contributed by atoms with E-state index in [2.05, 4.69) is 0 Å². The van der Waals surface area contributed by atoms with Gasteiger partial charge in [-0.25, -0.2) is 4.79 Å². The van der Waals surface area contributed by atoms with E-state index in [1.54, 1.807) is 12.1 Å². The van der Waals surface area contributed by atoms with E-state index in [9.17, 15) is 18.0 Å². The van der Waals surface area contributed by atoms with Crippen LogP contribution in [0.5, 0.6) is 5.75 Å². The number of amides is 1. The average Bonchev–Trinajstić information content (AvgIpc) is 2.28. The largest absolute Gasteiger partial charge is 0.508 e. The number of carbonyl (C=O) groups is 2. The quantitative estimate of drug-likeness (QED) is 0.638. The summed E-state index contributed by atoms with van der Waals surface area (Å²) in [5.41, 5.74) is 10.2. The van der Waals surface area contributed by atoms with Gasteiger partial charge >= 0.3 is 12.1 Å². The van der Waals surface area contributed by atoms with Crippen LogP contribution in [-0.2, 0) is 15.1 Å². The van der Waals surface area contributed by atoms with Crippen LogP contribution in [0.4, 0.5) is 13.2 Å². The number of carbonyl (C=O) groups excluding carboxylic acids is 1. The van der Waals surface area contributed by atoms with Gasteiger partial charge in [0.25, 0.3) is 0 Å². The Morgan fingerprint density at radius 3 is 1.75 bits per heavy atom. The van der Waals surface area contributed by atoms with Crippen LogP contribution in [0, 0.1) is 0 Å². The van der Waals surface area contributed by atoms with Gasteiger partial charge in [-0.05, 0) is 24.6 Å². The van der Waals surface area contributed by atoms with Crippen molar-refractivity contribution in [2.45, 2.75) is 18.6 Å². The summed E-state index contributed by atoms with van der Waals surface area (Å²) in [6, 6.07) is 6.06. The first-order chi connectivity index (χ1) is 8.89. The Kier molecular flexibility index (Phi) is 5.52. The summed E-state index contributed by atoms with van der Waals surface area (Å²) < 4.78 is 31.7. The molecule has 0 fully saturated rings. The number of halogens is 3. The molecule has 0 saturated carbocycles. The first kappa shape index (κ1) is 17.7. The number of alkyl halides is 3. The van der Waals surface area contributed by atoms with E-state index >= 15 is 0 Å². The number of phenolic OH excluding ortho intramolecular Hbond substituents is 1. The lowest BCUT2D eigenvalue weighted by Crippen LogP contribution is -2.46. The molecule has 1 rings (SSSR count). The number of carboxylic acids is 1. The second-order valence-corrected chi connectivity index (χ2v) is 3.92. The first-order valence-corrected chi connectivity index (χ1v) is 5.07. The van der Waals surface area contributed by atoms with Crippen LogP contribution in [0.3, 0.4) is 0 Å². The van der Waals surface area contributed by atoms with Gasteiger partial charge in [-0.15, -0.1) is 0 Å². The molecule has 0 unspecified atom stereocenters. The Bertz CT molecular complexity index is 483. The molecule has 0 aliphatic carbocycles. The van der Waals surface area contributed by atoms with Crippen LogP contribution < -0.4 is 11.5 Å². The maximum Gasteiger partial charge on any atom is 0.490 e. The number of hydrogen-bond donors (Lipinski definition) is 4. The van der Waals surface area contributed by atoms with Gasteiger partial charge in [-0.1, -0.05) is 12.1 Å². The maximum absolute atomic E-state index is 10.9. The van der Waals surface area contributed by atoms with Crippen molar-refractivity contribution < 1.29 is 33.0 Å². The Morgan fingerprint density at radius 2 is 1.50 bits per heavy atom. The van der Waals surface area contributed by atoms with Crippen molar-refractivity contribution in [3.63, 3.8) is 0 Å². The Balaban J connectivity index is 0.000000441. The third-order valence-electron chi connectivity index (χ3n) is 2.22. The van der Waals surface area contributed by atoms with Crippen molar-refractivity contribution >= 4 is 11.9 Å². The summed E-state index contributed by atoms with van der Waals surface area (Å²) in [6.45, 7) is 1.53. The lowest BCUT2D eigenvalue weighted by molar-refractivity contribution is -0.192. The van der Waals surface area contributed by atoms with Gasteiger partial charge < -0.3 is 21.7 Å². The second kappa shape index (κ2) is 6.24. The molecule has 0 aromatic heterocycles. The number of aromatic hydroxyl groups is 1. The highest BCUT2D eigenvalue weighted by molar-refractivity contribution is 5.85. The molecule has 0 saturated heterocycles. The van der Waals surface area contributed by atoms with E-state index in [-0.39, 0.29) is 5.75 Å². The van der Waals surface area contributed by atoms with Gasteiger partial charge in [0.1, 0.15) is 11.3 Å². The van der Waals surface area contributed by atoms with Crippen molar-refractivity contribution in [1.29, 1.82) is 0 Å². The van der Waals surface area contributed by atoms with Crippen LogP contribution in [0.1, 0.15) is 12.5 Å². The van der Waals surface area contributed by atoms with Crippen molar-refractivity contribution in [1.82, 2.24) is 0 Å². The lowest BCUT2D eigenvalue weighted by Gasteiger charge is -2.20. The molecule has 0 aliphatic heterocycles. The zero-order chi connectivity index (χ0) is 16.1. The molecular formula is C11H13F3N2O4. The number of nitrogens with two attached hydrogens (primary N) is 2. The van der Waals surface area contributed by atoms with Gasteiger partial charge in [-0.3, -0.25) is 4.79 Å². The zero-order valence-electron chi connectivity index (χ0n) is 10.3. The predicted octanol–water partition coefficient (Wildman–Crippen LogP) is 0.685. The summed E-state index contributed by atoms with van der Waals surface area (Å²) in [5, 5.41) is 16.1. The molecule has 112 valence electrons. The highest BCUT2D eigenvalue weighted by atomic mass is 19.4. The van der Waals surface area contributed by atoms with E-state index in [0.717, 1.165) is 0 Å². The number of phenols is 1. The van der Waals surface area contributed by atoms with Crippen LogP contribution in [0.15, 0.2) is 24.3 Å². The third kappa shape index (κ3) is 5.14. The molecule has 1 atom stereocenters. The normalized spacial score (nSPS) is 13.7. The molecule has 0 aliphatic rings. The van der Waals surface area contributed by atoms with Crippen LogP contribution in [-0.4, -0.2) is 28.3 Å². The fourth-order valence-corrected chi connectivity index (χ4v) is 0.950. The van der Waals surface area contributed by atoms with Crippen molar-refractivity contribution in [2.24, 2.45) is 11.5 Å². The summed E-state index contributed by atoms with van der Waals surface area (Å²) >= 11 is 0. The average molecular weight is 294 g/mol. The Hall–Kier alpha value is -2.29. The standard InChI is InChI=1S/C9H12N2O2.C2HF3O2/c1-9(11,8(10)13)6-2-4-7(12)5-3-6;3-2(4,5)1(6)7/h2-5,12H,11H2,1H3,(H2,10,13);(H,6,7)/t9-;/m0./s1. The van der Waals surface area contributed by atoms with Gasteiger partial charge in [-0.2, -0.15) is 13.2 Å². The van der Waals surface area contributed by atoms with E-state index in [1.807, 2.05) is 0 Å². The van der Waals surface area contributed by atoms with Gasteiger partial charge in [0, 0.05) is 0 Å². The summed E-state index contributed by atoms with van der Waals surface area (Å²) in [6.07, 6.45) is -5.08. The molecular weight excluding hydrogens is 281 g/mol. The minimum Gasteiger partial charge on any atom is -0.508 e. The lowest BCUT2D eigenvalue weighted by atomic mass is 9.93. The van der Waals surface area contributed by atoms with E-state index in [1.165, 1.54) is 19.1 Å². The zero-order valence-corrected chi connectivity index (χ0v) is 10.3. The summed E-state index contributed by atoms with van der Waals surface area (Å²) in [7, 11) is 0. The first-order valence-electron chi connectivity index (χ1n) is 5.07. The predicted molar refractivity (Wildman–Crippen MR) is 62.5 cm³/mol. The number of hydrogen-bond acceptors (Lipinski definition) is 4. The van der Waals surface area contributed by atoms with Crippen molar-refractivity contribution in [3.8, 4) is 5.75 Å². The molecule has 1 aromatic rings. The highest BCUT2D eigenvalue weighted by Crippen LogP contribution is 2.19. The number of rotatable bonds is 2. The van der Waals surface area contributed by atoms with E-state index in [0.29, 0.717) is 5.56 Å². The van der Waals surface area contributed by atoms with Gasteiger partial charge in [0.2, 0.25) is 5.91 Å². The second-order valence-electron chi connectivity index (χ2n) is 3.92. The number of aliphatic carboxylic acids is 1. The number of benzene rings is 1. The highest BCUT2D eigenvalue weighted by Gasteiger charge is 2.38. The third-order valence-corrected chi connectivity index (χ3v) is 2.22. The number of carboxylic acid groups (broad SMARTS) is 1. The smallest absolute Gasteiger partial charge is 0.490 e. The minimum atomic E-state index is -5.08.